The summed E-state index contributed by atoms with van der Waals surface area (Å²) in [7, 11) is -4.55. The second-order valence-corrected chi connectivity index (χ2v) is 15.7. The van der Waals surface area contributed by atoms with Crippen molar-refractivity contribution in [1.29, 1.82) is 0 Å². The van der Waals surface area contributed by atoms with Crippen molar-refractivity contribution in [1.82, 2.24) is 0 Å². The van der Waals surface area contributed by atoms with E-state index in [0.717, 1.165) is 82.7 Å². The van der Waals surface area contributed by atoms with Gasteiger partial charge in [-0.2, -0.15) is 14.7 Å². The van der Waals surface area contributed by atoms with Crippen LogP contribution in [-0.2, 0) is 0 Å². The fourth-order valence-corrected chi connectivity index (χ4v) is 9.03. The van der Waals surface area contributed by atoms with Crippen molar-refractivity contribution in [3.63, 3.8) is 0 Å². The van der Waals surface area contributed by atoms with Crippen LogP contribution in [0.15, 0.2) is 194 Å². The number of aryl methyl sites for hydroxylation is 1. The largest absolute Gasteiger partial charge is 0.441 e. The highest BCUT2D eigenvalue weighted by Gasteiger charge is 2.41. The third-order valence-corrected chi connectivity index (χ3v) is 11.8. The van der Waals surface area contributed by atoms with Gasteiger partial charge in [0.1, 0.15) is 0 Å². The van der Waals surface area contributed by atoms with Gasteiger partial charge in [0.25, 0.3) is 0 Å². The van der Waals surface area contributed by atoms with Crippen molar-refractivity contribution >= 4 is 34.8 Å². The Bertz CT molecular complexity index is 2830. The van der Waals surface area contributed by atoms with Crippen LogP contribution in [0.25, 0.3) is 88.3 Å². The van der Waals surface area contributed by atoms with Crippen LogP contribution < -0.4 is 5.30 Å². The predicted molar refractivity (Wildman–Crippen MR) is 232 cm³/mol. The summed E-state index contributed by atoms with van der Waals surface area (Å²) in [4.78, 5) is 34.0. The van der Waals surface area contributed by atoms with Crippen LogP contribution in [0.4, 0.5) is 0 Å². The molecule has 0 saturated carbocycles. The van der Waals surface area contributed by atoms with Crippen molar-refractivity contribution in [3.05, 3.63) is 200 Å². The van der Waals surface area contributed by atoms with Crippen LogP contribution in [0.5, 0.6) is 0 Å². The highest BCUT2D eigenvalue weighted by Crippen LogP contribution is 2.52. The smallest absolute Gasteiger partial charge is 0.189 e. The van der Waals surface area contributed by atoms with Crippen LogP contribution >= 0.6 is 7.94 Å². The van der Waals surface area contributed by atoms with E-state index in [1.54, 1.807) is 0 Å². The minimum absolute atomic E-state index is 0.154. The van der Waals surface area contributed by atoms with Gasteiger partial charge in [-0.05, 0) is 126 Å². The molecule has 9 aromatic carbocycles. The lowest BCUT2D eigenvalue weighted by Crippen LogP contribution is -2.18. The first-order valence-corrected chi connectivity index (χ1v) is 20.1. The van der Waals surface area contributed by atoms with E-state index in [4.69, 9.17) is 0 Å². The fourth-order valence-electron chi connectivity index (χ4n) is 7.94. The first-order valence-electron chi connectivity index (χ1n) is 18.4. The molecule has 9 rings (SSSR count). The van der Waals surface area contributed by atoms with Gasteiger partial charge in [0.2, 0.25) is 0 Å². The molecule has 0 aliphatic heterocycles. The lowest BCUT2D eigenvalue weighted by Gasteiger charge is -2.22. The molecular weight excluding hydrogens is 692 g/mol. The Morgan fingerprint density at radius 1 is 0.309 bits per heavy atom. The molecule has 0 atom stereocenters. The zero-order valence-corrected chi connectivity index (χ0v) is 31.2. The molecule has 0 fully saturated rings. The molecule has 0 unspecified atom stereocenters. The number of hydrogen-bond donors (Lipinski definition) is 3. The summed E-state index contributed by atoms with van der Waals surface area (Å²) in [5, 5.41) is 4.36. The van der Waals surface area contributed by atoms with E-state index in [1.165, 1.54) is 0 Å². The molecule has 0 spiro atoms. The third-order valence-electron chi connectivity index (χ3n) is 10.6. The zero-order chi connectivity index (χ0) is 37.5. The summed E-state index contributed by atoms with van der Waals surface area (Å²) >= 11 is 0. The number of rotatable bonds is 7. The Hall–Kier alpha value is -6.19. The molecule has 264 valence electrons. The summed E-state index contributed by atoms with van der Waals surface area (Å²) in [6.07, 6.45) is 0. The molecule has 9 aromatic rings. The number of hydrogen-bond acceptors (Lipinski definition) is 3. The molecule has 0 bridgehead atoms. The van der Waals surface area contributed by atoms with E-state index in [9.17, 15) is 14.7 Å². The summed E-state index contributed by atoms with van der Waals surface area (Å²) in [5.41, 5.74) is 12.2. The van der Waals surface area contributed by atoms with E-state index in [-0.39, 0.29) is 5.30 Å². The van der Waals surface area contributed by atoms with E-state index >= 15 is 0 Å². The average Bonchev–Trinajstić information content (AvgIpc) is 3.23. The van der Waals surface area contributed by atoms with E-state index in [1.807, 2.05) is 73.7 Å². The van der Waals surface area contributed by atoms with Gasteiger partial charge < -0.3 is 0 Å². The zero-order valence-electron chi connectivity index (χ0n) is 30.3. The Kier molecular flexibility index (Phi) is 8.94. The first kappa shape index (κ1) is 34.6. The van der Waals surface area contributed by atoms with E-state index in [0.29, 0.717) is 11.1 Å². The maximum Gasteiger partial charge on any atom is 0.441 e. The maximum atomic E-state index is 11.3. The summed E-state index contributed by atoms with van der Waals surface area (Å²) in [5.74, 6) is 0. The molecule has 0 radical (unpaired) electrons. The van der Waals surface area contributed by atoms with E-state index in [2.05, 4.69) is 127 Å². The second-order valence-electron chi connectivity index (χ2n) is 14.1. The molecule has 0 aliphatic rings. The topological polar surface area (TPSA) is 60.7 Å². The number of fused-ring (bicyclic) bond motifs is 2. The van der Waals surface area contributed by atoms with Crippen molar-refractivity contribution in [2.24, 2.45) is 0 Å². The van der Waals surface area contributed by atoms with Crippen molar-refractivity contribution < 1.29 is 14.7 Å². The summed E-state index contributed by atoms with van der Waals surface area (Å²) < 4.78 is 0. The van der Waals surface area contributed by atoms with Crippen LogP contribution in [0.3, 0.4) is 0 Å². The van der Waals surface area contributed by atoms with Gasteiger partial charge in [0.15, 0.2) is 5.30 Å². The average molecular weight is 730 g/mol. The van der Waals surface area contributed by atoms with Crippen LogP contribution in [0.2, 0.25) is 0 Å². The van der Waals surface area contributed by atoms with Gasteiger partial charge in [0.05, 0.1) is 0 Å². The molecule has 0 saturated heterocycles. The standard InChI is InChI=1S/C51H38O3P/c1-34-22-27-45(48-30-41-25-23-39(35-14-6-2-7-15-35)28-43(41)32-46(48)37-18-10-4-11-19-37)50(51(34)55(52,53)54)49-31-42-26-24-40(36-16-8-3-9-17-36)29-44(42)33-47(49)38-20-12-5-13-21-38/h2-33,52-54H,1H3/q+1. The normalized spacial score (nSPS) is 11.6. The Labute approximate surface area is 321 Å². The lowest BCUT2D eigenvalue weighted by molar-refractivity contribution is 0.347. The summed E-state index contributed by atoms with van der Waals surface area (Å²) in [6, 6.07) is 66.9. The quantitative estimate of drug-likeness (QED) is 0.143. The van der Waals surface area contributed by atoms with Gasteiger partial charge in [-0.1, -0.05) is 158 Å². The minimum Gasteiger partial charge on any atom is -0.189 e. The third kappa shape index (κ3) is 6.65. The van der Waals surface area contributed by atoms with Crippen molar-refractivity contribution in [2.75, 3.05) is 0 Å². The Morgan fingerprint density at radius 2 is 0.709 bits per heavy atom. The monoisotopic (exact) mass is 729 g/mol. The minimum atomic E-state index is -4.55. The summed E-state index contributed by atoms with van der Waals surface area (Å²) in [6.45, 7) is 1.83. The second kappa shape index (κ2) is 14.2. The molecular formula is C51H38O3P+. The van der Waals surface area contributed by atoms with Crippen LogP contribution in [0, 0.1) is 6.92 Å². The number of benzene rings is 9. The van der Waals surface area contributed by atoms with Crippen LogP contribution in [0.1, 0.15) is 5.56 Å². The Balaban J connectivity index is 1.36. The van der Waals surface area contributed by atoms with Gasteiger partial charge in [-0.25, -0.2) is 0 Å². The molecule has 3 N–H and O–H groups in total. The Morgan fingerprint density at radius 3 is 1.16 bits per heavy atom. The molecule has 0 amide bonds. The van der Waals surface area contributed by atoms with Gasteiger partial charge in [-0.15, -0.1) is 0 Å². The SMILES string of the molecule is Cc1ccc(-c2cc3ccc(-c4ccccc4)cc3cc2-c2ccccc2)c(-c2cc3ccc(-c4ccccc4)cc3cc2-c2ccccc2)c1[P+](O)(O)O. The first-order chi connectivity index (χ1) is 26.8. The van der Waals surface area contributed by atoms with Gasteiger partial charge in [-0.3, -0.25) is 0 Å². The fraction of sp³-hybridized carbons (Fsp3) is 0.0196. The van der Waals surface area contributed by atoms with Crippen LogP contribution in [-0.4, -0.2) is 14.7 Å². The van der Waals surface area contributed by atoms with Gasteiger partial charge in [0, 0.05) is 11.1 Å². The molecule has 0 aromatic heterocycles. The molecule has 0 aliphatic carbocycles. The maximum absolute atomic E-state index is 11.3. The molecule has 55 heavy (non-hydrogen) atoms. The lowest BCUT2D eigenvalue weighted by atomic mass is 9.83. The molecule has 3 nitrogen and oxygen atoms in total. The van der Waals surface area contributed by atoms with Gasteiger partial charge >= 0.3 is 7.94 Å². The van der Waals surface area contributed by atoms with Crippen molar-refractivity contribution in [2.45, 2.75) is 6.92 Å². The highest BCUT2D eigenvalue weighted by molar-refractivity contribution is 7.67. The van der Waals surface area contributed by atoms with Crippen molar-refractivity contribution in [3.8, 4) is 66.8 Å². The molecule has 4 heteroatoms. The highest BCUT2D eigenvalue weighted by atomic mass is 31.2. The predicted octanol–water partition coefficient (Wildman–Crippen LogP) is 12.7. The molecule has 0 heterocycles. The van der Waals surface area contributed by atoms with E-state index < -0.39 is 7.94 Å².